The highest BCUT2D eigenvalue weighted by atomic mass is 79.9. The number of nitrogens with one attached hydrogen (secondary N) is 1. The first-order valence-electron chi connectivity index (χ1n) is 7.58. The molecule has 2 aliphatic rings. The number of halogens is 3. The molecule has 0 radical (unpaired) electrons. The smallest absolute Gasteiger partial charge is 0.139 e. The van der Waals surface area contributed by atoms with Crippen LogP contribution < -0.4 is 5.32 Å². The molecule has 0 aromatic heterocycles. The molecule has 1 saturated heterocycles. The maximum absolute atomic E-state index is 10.5. The molecule has 4 nitrogen and oxygen atoms in total. The van der Waals surface area contributed by atoms with E-state index in [1.807, 2.05) is 6.07 Å². The predicted molar refractivity (Wildman–Crippen MR) is 99.5 cm³/mol. The number of phenols is 1. The fourth-order valence-corrected chi connectivity index (χ4v) is 3.94. The van der Waals surface area contributed by atoms with E-state index in [9.17, 15) is 10.4 Å². The lowest BCUT2D eigenvalue weighted by Gasteiger charge is -2.43. The Morgan fingerprint density at radius 1 is 1.26 bits per heavy atom. The van der Waals surface area contributed by atoms with Crippen LogP contribution in [0.25, 0.3) is 0 Å². The zero-order valence-corrected chi connectivity index (χ0v) is 16.0. The lowest BCUT2D eigenvalue weighted by Crippen LogP contribution is -2.48. The summed E-state index contributed by atoms with van der Waals surface area (Å²) in [5.74, 6) is 0.738. The molecule has 0 spiro atoms. The van der Waals surface area contributed by atoms with Gasteiger partial charge in [-0.25, -0.2) is 0 Å². The van der Waals surface area contributed by atoms with Crippen molar-refractivity contribution in [2.45, 2.75) is 25.3 Å². The van der Waals surface area contributed by atoms with Crippen LogP contribution in [0.15, 0.2) is 16.6 Å². The lowest BCUT2D eigenvalue weighted by atomic mass is 9.75. The van der Waals surface area contributed by atoms with E-state index in [1.54, 1.807) is 6.07 Å². The third-order valence-electron chi connectivity index (χ3n) is 4.72. The van der Waals surface area contributed by atoms with E-state index < -0.39 is 0 Å². The van der Waals surface area contributed by atoms with Gasteiger partial charge in [0.05, 0.1) is 5.56 Å². The Balaban J connectivity index is 0.00000132. The number of nitriles is 1. The summed E-state index contributed by atoms with van der Waals surface area (Å²) in [5, 5.41) is 23.1. The van der Waals surface area contributed by atoms with Crippen molar-refractivity contribution in [3.05, 3.63) is 27.7 Å². The quantitative estimate of drug-likeness (QED) is 0.780. The van der Waals surface area contributed by atoms with Gasteiger partial charge in [-0.05, 0) is 30.9 Å². The average molecular weight is 423 g/mol. The van der Waals surface area contributed by atoms with Gasteiger partial charge in [0.25, 0.3) is 0 Å². The summed E-state index contributed by atoms with van der Waals surface area (Å²) in [6, 6.07) is 5.87. The Kier molecular flexibility index (Phi) is 8.12. The van der Waals surface area contributed by atoms with E-state index in [-0.39, 0.29) is 36.6 Å². The van der Waals surface area contributed by atoms with Crippen molar-refractivity contribution in [3.8, 4) is 11.8 Å². The number of hydrogen-bond acceptors (Lipinski definition) is 4. The third kappa shape index (κ3) is 4.12. The lowest BCUT2D eigenvalue weighted by molar-refractivity contribution is 0.0814. The van der Waals surface area contributed by atoms with E-state index in [0.29, 0.717) is 11.5 Å². The number of hydrogen-bond donors (Lipinski definition) is 2. The number of nitrogens with zero attached hydrogens (tertiary/aromatic N) is 2. The van der Waals surface area contributed by atoms with Crippen LogP contribution in [0.1, 0.15) is 36.4 Å². The van der Waals surface area contributed by atoms with Crippen molar-refractivity contribution in [2.75, 3.05) is 26.2 Å². The molecule has 7 heteroatoms. The van der Waals surface area contributed by atoms with Crippen LogP contribution in [0.4, 0.5) is 0 Å². The second kappa shape index (κ2) is 9.10. The van der Waals surface area contributed by atoms with Gasteiger partial charge in [-0.1, -0.05) is 22.4 Å². The monoisotopic (exact) mass is 421 g/mol. The molecule has 0 amide bonds. The van der Waals surface area contributed by atoms with Gasteiger partial charge in [0.15, 0.2) is 0 Å². The molecule has 1 aliphatic carbocycles. The number of rotatable bonds is 3. The van der Waals surface area contributed by atoms with Gasteiger partial charge >= 0.3 is 0 Å². The molecule has 1 saturated carbocycles. The van der Waals surface area contributed by atoms with Crippen LogP contribution in [0.5, 0.6) is 5.75 Å². The van der Waals surface area contributed by atoms with Crippen molar-refractivity contribution in [1.82, 2.24) is 10.2 Å². The fraction of sp³-hybridized carbons (Fsp3) is 0.562. The minimum atomic E-state index is 0. The van der Waals surface area contributed by atoms with Crippen LogP contribution in [0, 0.1) is 17.2 Å². The molecule has 23 heavy (non-hydrogen) atoms. The minimum Gasteiger partial charge on any atom is -0.506 e. The second-order valence-electron chi connectivity index (χ2n) is 5.89. The highest BCUT2D eigenvalue weighted by Gasteiger charge is 2.36. The van der Waals surface area contributed by atoms with Gasteiger partial charge in [-0.3, -0.25) is 4.90 Å². The highest BCUT2D eigenvalue weighted by Crippen LogP contribution is 2.47. The third-order valence-corrected chi connectivity index (χ3v) is 5.41. The largest absolute Gasteiger partial charge is 0.506 e. The molecule has 1 aromatic rings. The molecule has 2 fully saturated rings. The summed E-state index contributed by atoms with van der Waals surface area (Å²) in [5.41, 5.74) is 1.27. The molecule has 3 rings (SSSR count). The topological polar surface area (TPSA) is 59.3 Å². The summed E-state index contributed by atoms with van der Waals surface area (Å²) < 4.78 is 0.912. The summed E-state index contributed by atoms with van der Waals surface area (Å²) in [6.45, 7) is 3.95. The van der Waals surface area contributed by atoms with Crippen LogP contribution in [0.2, 0.25) is 0 Å². The maximum atomic E-state index is 10.5. The van der Waals surface area contributed by atoms with Crippen molar-refractivity contribution >= 4 is 40.7 Å². The molecule has 128 valence electrons. The SMILES string of the molecule is Cl.Cl.N#Cc1ccc(Br)c([C@H](C2CCC2)N2CCNCC2)c1O. The maximum Gasteiger partial charge on any atom is 0.139 e. The van der Waals surface area contributed by atoms with Crippen LogP contribution in [-0.4, -0.2) is 36.2 Å². The normalized spacial score (nSPS) is 19.7. The summed E-state index contributed by atoms with van der Waals surface area (Å²) in [6.07, 6.45) is 3.68. The molecule has 2 N–H and O–H groups in total. The van der Waals surface area contributed by atoms with Crippen molar-refractivity contribution in [2.24, 2.45) is 5.92 Å². The highest BCUT2D eigenvalue weighted by molar-refractivity contribution is 9.10. The molecule has 1 aromatic carbocycles. The van der Waals surface area contributed by atoms with Gasteiger partial charge < -0.3 is 10.4 Å². The van der Waals surface area contributed by atoms with Crippen molar-refractivity contribution in [3.63, 3.8) is 0 Å². The molecular formula is C16H22BrCl2N3O. The van der Waals surface area contributed by atoms with Gasteiger partial charge in [0.1, 0.15) is 11.8 Å². The van der Waals surface area contributed by atoms with Gasteiger partial charge in [0, 0.05) is 42.3 Å². The standard InChI is InChI=1S/C16H20BrN3O.2ClH/c17-13-5-4-12(10-18)16(21)14(13)15(11-2-1-3-11)20-8-6-19-7-9-20;;/h4-5,11,15,19,21H,1-3,6-9H2;2*1H/t15-;;/m0../s1. The molecule has 1 aliphatic heterocycles. The number of phenolic OH excluding ortho intramolecular Hbond substituents is 1. The molecule has 0 bridgehead atoms. The summed E-state index contributed by atoms with van der Waals surface area (Å²) in [4.78, 5) is 2.46. The van der Waals surface area contributed by atoms with E-state index in [2.05, 4.69) is 32.2 Å². The molecular weight excluding hydrogens is 401 g/mol. The number of benzene rings is 1. The summed E-state index contributed by atoms with van der Waals surface area (Å²) >= 11 is 3.59. The zero-order valence-electron chi connectivity index (χ0n) is 12.8. The first kappa shape index (κ1) is 20.5. The predicted octanol–water partition coefficient (Wildman–Crippen LogP) is 3.62. The number of piperazine rings is 1. The Hall–Kier alpha value is -0.510. The Bertz CT molecular complexity index is 569. The van der Waals surface area contributed by atoms with Crippen LogP contribution in [-0.2, 0) is 0 Å². The van der Waals surface area contributed by atoms with Crippen LogP contribution in [0.3, 0.4) is 0 Å². The molecule has 0 unspecified atom stereocenters. The first-order chi connectivity index (χ1) is 10.2. The van der Waals surface area contributed by atoms with E-state index in [1.165, 1.54) is 19.3 Å². The second-order valence-corrected chi connectivity index (χ2v) is 6.75. The summed E-state index contributed by atoms with van der Waals surface area (Å²) in [7, 11) is 0. The Morgan fingerprint density at radius 2 is 1.91 bits per heavy atom. The number of aromatic hydroxyl groups is 1. The van der Waals surface area contributed by atoms with E-state index >= 15 is 0 Å². The fourth-order valence-electron chi connectivity index (χ4n) is 3.39. The van der Waals surface area contributed by atoms with E-state index in [0.717, 1.165) is 36.2 Å². The zero-order chi connectivity index (χ0) is 14.8. The Morgan fingerprint density at radius 3 is 2.43 bits per heavy atom. The van der Waals surface area contributed by atoms with Crippen molar-refractivity contribution < 1.29 is 5.11 Å². The Labute approximate surface area is 158 Å². The molecule has 1 atom stereocenters. The minimum absolute atomic E-state index is 0. The first-order valence-corrected chi connectivity index (χ1v) is 8.38. The van der Waals surface area contributed by atoms with Crippen molar-refractivity contribution in [1.29, 1.82) is 5.26 Å². The average Bonchev–Trinajstić information content (AvgIpc) is 2.45. The molecule has 1 heterocycles. The van der Waals surface area contributed by atoms with Gasteiger partial charge in [-0.2, -0.15) is 5.26 Å². The van der Waals surface area contributed by atoms with Gasteiger partial charge in [0.2, 0.25) is 0 Å². The van der Waals surface area contributed by atoms with Gasteiger partial charge in [-0.15, -0.1) is 24.8 Å². The van der Waals surface area contributed by atoms with Crippen LogP contribution >= 0.6 is 40.7 Å². The van der Waals surface area contributed by atoms with E-state index in [4.69, 9.17) is 0 Å².